The second-order valence-corrected chi connectivity index (χ2v) is 6.70. The van der Waals surface area contributed by atoms with Crippen LogP contribution in [0.25, 0.3) is 9.40 Å². The van der Waals surface area contributed by atoms with E-state index in [1.165, 1.54) is 19.8 Å². The summed E-state index contributed by atoms with van der Waals surface area (Å²) in [6.45, 7) is 3.21. The molecule has 19 heavy (non-hydrogen) atoms. The van der Waals surface area contributed by atoms with E-state index >= 15 is 0 Å². The molecule has 0 radical (unpaired) electrons. The molecule has 0 aliphatic heterocycles. The van der Waals surface area contributed by atoms with Gasteiger partial charge in [0.15, 0.2) is 0 Å². The van der Waals surface area contributed by atoms with E-state index in [4.69, 9.17) is 0 Å². The van der Waals surface area contributed by atoms with Crippen LogP contribution in [-0.2, 0) is 7.05 Å². The molecular formula is C14H17N3S2. The van der Waals surface area contributed by atoms with Crippen LogP contribution in [0.2, 0.25) is 0 Å². The van der Waals surface area contributed by atoms with E-state index in [0.717, 1.165) is 13.0 Å². The molecule has 3 nitrogen and oxygen atoms in total. The number of fused-ring (bicyclic) bond motifs is 1. The standard InChI is InChI=1S/C14H17N3S2/c1-3-5-15-14(10-8-16-17(2)9-10)13-7-12-11(19-13)4-6-18-12/h4,6-9,14-15H,3,5H2,1-2H3. The lowest BCUT2D eigenvalue weighted by Crippen LogP contribution is -2.22. The second kappa shape index (κ2) is 5.45. The summed E-state index contributed by atoms with van der Waals surface area (Å²) in [6, 6.07) is 4.78. The van der Waals surface area contributed by atoms with E-state index < -0.39 is 0 Å². The molecule has 5 heteroatoms. The van der Waals surface area contributed by atoms with Gasteiger partial charge in [-0.2, -0.15) is 5.10 Å². The van der Waals surface area contributed by atoms with Gasteiger partial charge in [-0.1, -0.05) is 6.92 Å². The highest BCUT2D eigenvalue weighted by Gasteiger charge is 2.18. The Morgan fingerprint density at radius 1 is 1.42 bits per heavy atom. The summed E-state index contributed by atoms with van der Waals surface area (Å²) in [5.41, 5.74) is 1.24. The highest BCUT2D eigenvalue weighted by atomic mass is 32.1. The summed E-state index contributed by atoms with van der Waals surface area (Å²) in [5.74, 6) is 0. The molecular weight excluding hydrogens is 274 g/mol. The average Bonchev–Trinajstić information content (AvgIpc) is 3.05. The van der Waals surface area contributed by atoms with Crippen LogP contribution in [0.15, 0.2) is 29.9 Å². The SMILES string of the molecule is CCCNC(c1cnn(C)c1)c1cc2sccc2s1. The van der Waals surface area contributed by atoms with Crippen LogP contribution >= 0.6 is 22.7 Å². The van der Waals surface area contributed by atoms with Crippen molar-refractivity contribution in [3.05, 3.63) is 40.3 Å². The molecule has 0 aliphatic carbocycles. The molecule has 3 rings (SSSR count). The molecule has 0 saturated carbocycles. The third-order valence-electron chi connectivity index (χ3n) is 3.10. The molecule has 0 bridgehead atoms. The van der Waals surface area contributed by atoms with E-state index in [9.17, 15) is 0 Å². The van der Waals surface area contributed by atoms with Crippen LogP contribution in [-0.4, -0.2) is 16.3 Å². The monoisotopic (exact) mass is 291 g/mol. The van der Waals surface area contributed by atoms with Gasteiger partial charge in [0, 0.05) is 33.1 Å². The summed E-state index contributed by atoms with van der Waals surface area (Å²) in [4.78, 5) is 1.38. The molecule has 0 saturated heterocycles. The minimum Gasteiger partial charge on any atom is -0.306 e. The molecule has 1 N–H and O–H groups in total. The largest absolute Gasteiger partial charge is 0.306 e. The van der Waals surface area contributed by atoms with Crippen molar-refractivity contribution in [2.75, 3.05) is 6.54 Å². The Kier molecular flexibility index (Phi) is 3.68. The molecule has 0 amide bonds. The molecule has 1 unspecified atom stereocenters. The van der Waals surface area contributed by atoms with Crippen LogP contribution < -0.4 is 5.32 Å². The first-order chi connectivity index (χ1) is 9.28. The first kappa shape index (κ1) is 12.8. The topological polar surface area (TPSA) is 29.9 Å². The summed E-state index contributed by atoms with van der Waals surface area (Å²) < 4.78 is 4.63. The molecule has 3 aromatic heterocycles. The lowest BCUT2D eigenvalue weighted by Gasteiger charge is -2.15. The van der Waals surface area contributed by atoms with Crippen molar-refractivity contribution < 1.29 is 0 Å². The Morgan fingerprint density at radius 2 is 2.32 bits per heavy atom. The Bertz CT molecular complexity index is 636. The van der Waals surface area contributed by atoms with Crippen molar-refractivity contribution >= 4 is 32.1 Å². The van der Waals surface area contributed by atoms with Crippen LogP contribution in [0.4, 0.5) is 0 Å². The van der Waals surface area contributed by atoms with E-state index in [-0.39, 0.29) is 6.04 Å². The zero-order chi connectivity index (χ0) is 13.2. The summed E-state index contributed by atoms with van der Waals surface area (Å²) >= 11 is 3.69. The Morgan fingerprint density at radius 3 is 3.00 bits per heavy atom. The van der Waals surface area contributed by atoms with Gasteiger partial charge < -0.3 is 5.32 Å². The smallest absolute Gasteiger partial charge is 0.0702 e. The second-order valence-electron chi connectivity index (χ2n) is 4.63. The van der Waals surface area contributed by atoms with Gasteiger partial charge >= 0.3 is 0 Å². The van der Waals surface area contributed by atoms with Crippen molar-refractivity contribution in [2.45, 2.75) is 19.4 Å². The van der Waals surface area contributed by atoms with Gasteiger partial charge in [0.05, 0.1) is 12.2 Å². The minimum atomic E-state index is 0.262. The quantitative estimate of drug-likeness (QED) is 0.775. The number of aromatic nitrogens is 2. The van der Waals surface area contributed by atoms with E-state index in [2.05, 4.69) is 41.0 Å². The van der Waals surface area contributed by atoms with E-state index in [1.54, 1.807) is 0 Å². The van der Waals surface area contributed by atoms with Gasteiger partial charge in [-0.3, -0.25) is 4.68 Å². The first-order valence-electron chi connectivity index (χ1n) is 6.47. The minimum absolute atomic E-state index is 0.262. The molecule has 0 aromatic carbocycles. The highest BCUT2D eigenvalue weighted by Crippen LogP contribution is 2.35. The molecule has 0 fully saturated rings. The van der Waals surface area contributed by atoms with Gasteiger partial charge in [-0.25, -0.2) is 0 Å². The molecule has 3 aromatic rings. The number of hydrogen-bond acceptors (Lipinski definition) is 4. The first-order valence-corrected chi connectivity index (χ1v) is 8.16. The van der Waals surface area contributed by atoms with Crippen LogP contribution in [0.3, 0.4) is 0 Å². The molecule has 100 valence electrons. The van der Waals surface area contributed by atoms with E-state index in [0.29, 0.717) is 0 Å². The maximum absolute atomic E-state index is 4.30. The maximum atomic E-state index is 4.30. The lowest BCUT2D eigenvalue weighted by atomic mass is 10.1. The van der Waals surface area contributed by atoms with Gasteiger partial charge in [0.1, 0.15) is 0 Å². The Balaban J connectivity index is 1.96. The number of thiophene rings is 2. The van der Waals surface area contributed by atoms with Gasteiger partial charge in [0.2, 0.25) is 0 Å². The van der Waals surface area contributed by atoms with Crippen molar-refractivity contribution in [2.24, 2.45) is 7.05 Å². The molecule has 0 spiro atoms. The third-order valence-corrected chi connectivity index (χ3v) is 5.26. The van der Waals surface area contributed by atoms with E-state index in [1.807, 2.05) is 40.6 Å². The van der Waals surface area contributed by atoms with Crippen LogP contribution in [0.5, 0.6) is 0 Å². The van der Waals surface area contributed by atoms with Gasteiger partial charge in [0.25, 0.3) is 0 Å². The zero-order valence-corrected chi connectivity index (χ0v) is 12.7. The van der Waals surface area contributed by atoms with Crippen LogP contribution in [0.1, 0.15) is 29.8 Å². The number of nitrogens with one attached hydrogen (secondary N) is 1. The lowest BCUT2D eigenvalue weighted by molar-refractivity contribution is 0.605. The fourth-order valence-electron chi connectivity index (χ4n) is 2.19. The predicted octanol–water partition coefficient (Wildman–Crippen LogP) is 3.79. The van der Waals surface area contributed by atoms with Crippen molar-refractivity contribution in [3.8, 4) is 0 Å². The molecule has 0 aliphatic rings. The number of aryl methyl sites for hydroxylation is 1. The maximum Gasteiger partial charge on any atom is 0.0702 e. The van der Waals surface area contributed by atoms with Crippen molar-refractivity contribution in [1.29, 1.82) is 0 Å². The summed E-state index contributed by atoms with van der Waals surface area (Å²) in [7, 11) is 1.97. The van der Waals surface area contributed by atoms with Crippen LogP contribution in [0, 0.1) is 0 Å². The molecule has 1 atom stereocenters. The number of nitrogens with zero attached hydrogens (tertiary/aromatic N) is 2. The van der Waals surface area contributed by atoms with Gasteiger partial charge in [-0.05, 0) is 30.5 Å². The molecule has 3 heterocycles. The zero-order valence-electron chi connectivity index (χ0n) is 11.1. The average molecular weight is 291 g/mol. The fourth-order valence-corrected chi connectivity index (χ4v) is 4.41. The number of hydrogen-bond donors (Lipinski definition) is 1. The van der Waals surface area contributed by atoms with Crippen molar-refractivity contribution in [1.82, 2.24) is 15.1 Å². The normalized spacial score (nSPS) is 13.2. The van der Waals surface area contributed by atoms with Gasteiger partial charge in [-0.15, -0.1) is 22.7 Å². The number of rotatable bonds is 5. The fraction of sp³-hybridized carbons (Fsp3) is 0.357. The predicted molar refractivity (Wildman–Crippen MR) is 83.0 cm³/mol. The highest BCUT2D eigenvalue weighted by molar-refractivity contribution is 7.27. The third kappa shape index (κ3) is 2.59. The summed E-state index contributed by atoms with van der Waals surface area (Å²) in [5, 5.41) is 10.1. The Labute approximate surface area is 120 Å². The van der Waals surface area contributed by atoms with Crippen molar-refractivity contribution in [3.63, 3.8) is 0 Å². The summed E-state index contributed by atoms with van der Waals surface area (Å²) in [6.07, 6.45) is 5.19. The Hall–Kier alpha value is -1.17.